The van der Waals surface area contributed by atoms with Gasteiger partial charge in [0, 0.05) is 35.8 Å². The summed E-state index contributed by atoms with van der Waals surface area (Å²) in [7, 11) is 0. The molecule has 0 atom stereocenters. The van der Waals surface area contributed by atoms with Gasteiger partial charge in [-0.15, -0.1) is 0 Å². The number of pyridine rings is 2. The molecule has 4 aromatic rings. The van der Waals surface area contributed by atoms with Gasteiger partial charge >= 0.3 is 0 Å². The van der Waals surface area contributed by atoms with Gasteiger partial charge in [0.15, 0.2) is 5.15 Å². The number of hydrogen-bond acceptors (Lipinski definition) is 7. The maximum absolute atomic E-state index is 14.0. The summed E-state index contributed by atoms with van der Waals surface area (Å²) in [5.41, 5.74) is 3.89. The second-order valence-corrected chi connectivity index (χ2v) is 8.44. The SMILES string of the molecule is Cc1cc(Nc2cc(-c3cnc(Cl)c(NSc4ccc(F)cc4F)c3C)ccn2)nc(C)n1. The lowest BCUT2D eigenvalue weighted by molar-refractivity contribution is 0.566. The lowest BCUT2D eigenvalue weighted by Gasteiger charge is -2.15. The lowest BCUT2D eigenvalue weighted by atomic mass is 10.0. The van der Waals surface area contributed by atoms with E-state index in [1.54, 1.807) is 12.4 Å². The topological polar surface area (TPSA) is 75.6 Å². The average molecular weight is 485 g/mol. The molecular formula is C23H19ClF2N6S. The Balaban J connectivity index is 1.61. The number of anilines is 3. The van der Waals surface area contributed by atoms with E-state index in [1.807, 2.05) is 39.0 Å². The zero-order valence-corrected chi connectivity index (χ0v) is 19.5. The molecule has 2 N–H and O–H groups in total. The summed E-state index contributed by atoms with van der Waals surface area (Å²) in [4.78, 5) is 17.5. The van der Waals surface area contributed by atoms with Crippen molar-refractivity contribution in [1.29, 1.82) is 0 Å². The van der Waals surface area contributed by atoms with Crippen LogP contribution in [-0.2, 0) is 0 Å². The number of hydrogen-bond donors (Lipinski definition) is 2. The summed E-state index contributed by atoms with van der Waals surface area (Å²) >= 11 is 7.30. The Kier molecular flexibility index (Phi) is 6.71. The van der Waals surface area contributed by atoms with Gasteiger partial charge in [-0.25, -0.2) is 28.7 Å². The summed E-state index contributed by atoms with van der Waals surface area (Å²) < 4.78 is 30.2. The quantitative estimate of drug-likeness (QED) is 0.234. The van der Waals surface area contributed by atoms with Crippen LogP contribution in [0.2, 0.25) is 5.15 Å². The lowest BCUT2D eigenvalue weighted by Crippen LogP contribution is -2.01. The van der Waals surface area contributed by atoms with Crippen LogP contribution in [0.4, 0.5) is 26.1 Å². The van der Waals surface area contributed by atoms with Gasteiger partial charge in [0.05, 0.1) is 10.6 Å². The van der Waals surface area contributed by atoms with Gasteiger partial charge in [-0.1, -0.05) is 11.6 Å². The second kappa shape index (κ2) is 9.68. The van der Waals surface area contributed by atoms with Crippen molar-refractivity contribution >= 4 is 40.9 Å². The number of benzene rings is 1. The molecule has 0 fully saturated rings. The molecule has 33 heavy (non-hydrogen) atoms. The van der Waals surface area contributed by atoms with Gasteiger partial charge < -0.3 is 10.0 Å². The summed E-state index contributed by atoms with van der Waals surface area (Å²) in [5, 5.41) is 3.44. The van der Waals surface area contributed by atoms with Crippen LogP contribution in [0.25, 0.3) is 11.1 Å². The zero-order chi connectivity index (χ0) is 23.5. The molecule has 0 radical (unpaired) electrons. The van der Waals surface area contributed by atoms with Crippen molar-refractivity contribution in [2.75, 3.05) is 10.0 Å². The first-order chi connectivity index (χ1) is 15.8. The van der Waals surface area contributed by atoms with Gasteiger partial charge in [0.1, 0.15) is 29.1 Å². The molecule has 1 aromatic carbocycles. The fourth-order valence-corrected chi connectivity index (χ4v) is 4.27. The van der Waals surface area contributed by atoms with E-state index in [0.29, 0.717) is 23.1 Å². The highest BCUT2D eigenvalue weighted by Gasteiger charge is 2.14. The Labute approximate surface area is 199 Å². The number of rotatable bonds is 6. The normalized spacial score (nSPS) is 10.8. The maximum Gasteiger partial charge on any atom is 0.153 e. The third-order valence-corrected chi connectivity index (χ3v) is 5.89. The van der Waals surface area contributed by atoms with Crippen LogP contribution < -0.4 is 10.0 Å². The summed E-state index contributed by atoms with van der Waals surface area (Å²) in [6, 6.07) is 8.96. The molecule has 0 aliphatic rings. The number of aryl methyl sites for hydroxylation is 2. The van der Waals surface area contributed by atoms with Crippen molar-refractivity contribution in [2.24, 2.45) is 0 Å². The molecule has 0 saturated heterocycles. The third-order valence-electron chi connectivity index (χ3n) is 4.74. The molecule has 168 valence electrons. The molecule has 0 unspecified atom stereocenters. The Bertz CT molecular complexity index is 1310. The fraction of sp³-hybridized carbons (Fsp3) is 0.130. The van der Waals surface area contributed by atoms with E-state index in [1.165, 1.54) is 12.1 Å². The molecule has 0 saturated carbocycles. The van der Waals surface area contributed by atoms with E-state index in [9.17, 15) is 8.78 Å². The smallest absolute Gasteiger partial charge is 0.153 e. The predicted octanol–water partition coefficient (Wildman–Crippen LogP) is 6.65. The molecule has 4 rings (SSSR count). The molecule has 0 aliphatic heterocycles. The van der Waals surface area contributed by atoms with Gasteiger partial charge in [0.25, 0.3) is 0 Å². The first-order valence-corrected chi connectivity index (χ1v) is 11.1. The number of nitrogens with one attached hydrogen (secondary N) is 2. The largest absolute Gasteiger partial charge is 0.325 e. The molecule has 0 amide bonds. The predicted molar refractivity (Wildman–Crippen MR) is 128 cm³/mol. The second-order valence-electron chi connectivity index (χ2n) is 7.24. The Morgan fingerprint density at radius 1 is 0.939 bits per heavy atom. The van der Waals surface area contributed by atoms with Gasteiger partial charge in [-0.2, -0.15) is 0 Å². The van der Waals surface area contributed by atoms with Crippen molar-refractivity contribution in [3.63, 3.8) is 0 Å². The molecule has 3 heterocycles. The van der Waals surface area contributed by atoms with Crippen molar-refractivity contribution in [3.8, 4) is 11.1 Å². The summed E-state index contributed by atoms with van der Waals surface area (Å²) in [5.74, 6) is 0.624. The van der Waals surface area contributed by atoms with Gasteiger partial charge in [-0.05, 0) is 68.1 Å². The Morgan fingerprint density at radius 3 is 2.52 bits per heavy atom. The number of halogens is 3. The van der Waals surface area contributed by atoms with E-state index in [2.05, 4.69) is 30.0 Å². The van der Waals surface area contributed by atoms with E-state index < -0.39 is 11.6 Å². The van der Waals surface area contributed by atoms with Crippen LogP contribution in [-0.4, -0.2) is 19.9 Å². The van der Waals surface area contributed by atoms with Crippen LogP contribution in [0.15, 0.2) is 53.7 Å². The van der Waals surface area contributed by atoms with Crippen molar-refractivity contribution in [3.05, 3.63) is 82.7 Å². The minimum Gasteiger partial charge on any atom is -0.325 e. The van der Waals surface area contributed by atoms with E-state index >= 15 is 0 Å². The fourth-order valence-electron chi connectivity index (χ4n) is 3.22. The molecule has 0 bridgehead atoms. The molecule has 6 nitrogen and oxygen atoms in total. The summed E-state index contributed by atoms with van der Waals surface area (Å²) in [6.07, 6.45) is 3.35. The minimum absolute atomic E-state index is 0.239. The first kappa shape index (κ1) is 22.9. The molecule has 0 aliphatic carbocycles. The highest BCUT2D eigenvalue weighted by atomic mass is 35.5. The maximum atomic E-state index is 14.0. The van der Waals surface area contributed by atoms with Crippen LogP contribution in [0, 0.1) is 32.4 Å². The van der Waals surface area contributed by atoms with Crippen molar-refractivity contribution in [1.82, 2.24) is 19.9 Å². The Morgan fingerprint density at radius 2 is 1.76 bits per heavy atom. The van der Waals surface area contributed by atoms with Gasteiger partial charge in [-0.3, -0.25) is 0 Å². The average Bonchev–Trinajstić information content (AvgIpc) is 2.74. The number of aromatic nitrogens is 4. The van der Waals surface area contributed by atoms with Crippen LogP contribution >= 0.6 is 23.5 Å². The monoisotopic (exact) mass is 484 g/mol. The van der Waals surface area contributed by atoms with Crippen molar-refractivity contribution in [2.45, 2.75) is 25.7 Å². The standard InChI is InChI=1S/C23H19ClF2N6S/c1-12-8-21(30-14(3)29-12)31-20-9-15(6-7-27-20)17-11-28-23(24)22(13(17)2)32-33-19-5-4-16(25)10-18(19)26/h4-11,32H,1-3H3,(H,27,29,30,31). The zero-order valence-electron chi connectivity index (χ0n) is 17.9. The van der Waals surface area contributed by atoms with E-state index in [0.717, 1.165) is 40.4 Å². The molecular weight excluding hydrogens is 466 g/mol. The molecule has 3 aromatic heterocycles. The highest BCUT2D eigenvalue weighted by molar-refractivity contribution is 8.00. The van der Waals surface area contributed by atoms with Crippen molar-refractivity contribution < 1.29 is 8.78 Å². The molecule has 10 heteroatoms. The number of nitrogens with zero attached hydrogens (tertiary/aromatic N) is 4. The van der Waals surface area contributed by atoms with Crippen LogP contribution in [0.1, 0.15) is 17.1 Å². The molecule has 0 spiro atoms. The summed E-state index contributed by atoms with van der Waals surface area (Å²) in [6.45, 7) is 5.61. The van der Waals surface area contributed by atoms with Crippen LogP contribution in [0.5, 0.6) is 0 Å². The minimum atomic E-state index is -0.662. The third kappa shape index (κ3) is 5.37. The highest BCUT2D eigenvalue weighted by Crippen LogP contribution is 2.36. The first-order valence-electron chi connectivity index (χ1n) is 9.89. The van der Waals surface area contributed by atoms with Crippen LogP contribution in [0.3, 0.4) is 0 Å². The van der Waals surface area contributed by atoms with E-state index in [4.69, 9.17) is 11.6 Å². The van der Waals surface area contributed by atoms with Gasteiger partial charge in [0.2, 0.25) is 0 Å². The Hall–Kier alpha value is -3.30. The van der Waals surface area contributed by atoms with E-state index in [-0.39, 0.29) is 10.0 Å².